The maximum atomic E-state index is 12.2. The van der Waals surface area contributed by atoms with Gasteiger partial charge < -0.3 is 10.6 Å². The van der Waals surface area contributed by atoms with E-state index in [9.17, 15) is 4.79 Å². The van der Waals surface area contributed by atoms with Crippen LogP contribution in [0.5, 0.6) is 0 Å². The zero-order chi connectivity index (χ0) is 14.5. The van der Waals surface area contributed by atoms with Crippen molar-refractivity contribution in [2.75, 3.05) is 17.2 Å². The first-order valence-corrected chi connectivity index (χ1v) is 7.17. The molecule has 0 unspecified atom stereocenters. The summed E-state index contributed by atoms with van der Waals surface area (Å²) in [5.41, 5.74) is 2.17. The largest absolute Gasteiger partial charge is 0.370 e. The first-order chi connectivity index (χ1) is 9.58. The van der Waals surface area contributed by atoms with E-state index in [1.165, 1.54) is 0 Å². The Bertz CT molecular complexity index is 611. The first kappa shape index (κ1) is 14.5. The number of aromatic nitrogens is 1. The number of aryl methyl sites for hydroxylation is 1. The van der Waals surface area contributed by atoms with Crippen molar-refractivity contribution in [3.8, 4) is 0 Å². The van der Waals surface area contributed by atoms with Crippen LogP contribution in [-0.4, -0.2) is 17.4 Å². The molecule has 104 valence electrons. The minimum absolute atomic E-state index is 0.142. The lowest BCUT2D eigenvalue weighted by molar-refractivity contribution is 0.102. The van der Waals surface area contributed by atoms with Crippen LogP contribution in [0.1, 0.15) is 23.0 Å². The molecule has 0 saturated heterocycles. The molecular weight excluding hydrogens is 318 g/mol. The minimum atomic E-state index is -0.142. The van der Waals surface area contributed by atoms with Crippen molar-refractivity contribution in [2.45, 2.75) is 13.8 Å². The van der Waals surface area contributed by atoms with Crippen LogP contribution in [0, 0.1) is 6.92 Å². The molecule has 0 fully saturated rings. The van der Waals surface area contributed by atoms with Gasteiger partial charge in [0.15, 0.2) is 0 Å². The molecule has 0 aliphatic rings. The van der Waals surface area contributed by atoms with E-state index in [1.807, 2.05) is 38.1 Å². The molecule has 20 heavy (non-hydrogen) atoms. The summed E-state index contributed by atoms with van der Waals surface area (Å²) in [5.74, 6) is 0.574. The van der Waals surface area contributed by atoms with Crippen LogP contribution in [0.4, 0.5) is 11.5 Å². The zero-order valence-electron chi connectivity index (χ0n) is 11.4. The average molecular weight is 334 g/mol. The van der Waals surface area contributed by atoms with E-state index < -0.39 is 0 Å². The molecule has 0 radical (unpaired) electrons. The quantitative estimate of drug-likeness (QED) is 0.893. The number of anilines is 2. The SMILES string of the molecule is CCNc1cc(C(=O)Nc2ccc(Br)cc2)cc(C)n1. The maximum Gasteiger partial charge on any atom is 0.255 e. The molecule has 2 aromatic rings. The summed E-state index contributed by atoms with van der Waals surface area (Å²) in [7, 11) is 0. The van der Waals surface area contributed by atoms with Crippen LogP contribution in [0.25, 0.3) is 0 Å². The van der Waals surface area contributed by atoms with Crippen LogP contribution in [0.15, 0.2) is 40.9 Å². The third-order valence-corrected chi connectivity index (χ3v) is 3.20. The standard InChI is InChI=1S/C15H16BrN3O/c1-3-17-14-9-11(8-10(2)18-14)15(20)19-13-6-4-12(16)5-7-13/h4-9H,3H2,1-2H3,(H,17,18)(H,19,20). The van der Waals surface area contributed by atoms with Gasteiger partial charge in [-0.1, -0.05) is 15.9 Å². The van der Waals surface area contributed by atoms with Crippen LogP contribution < -0.4 is 10.6 Å². The van der Waals surface area contributed by atoms with Gasteiger partial charge in [0, 0.05) is 28.0 Å². The van der Waals surface area contributed by atoms with E-state index in [-0.39, 0.29) is 5.91 Å². The van der Waals surface area contributed by atoms with Gasteiger partial charge in [0.05, 0.1) is 0 Å². The van der Waals surface area contributed by atoms with E-state index in [2.05, 4.69) is 31.5 Å². The molecule has 2 rings (SSSR count). The molecule has 0 aliphatic heterocycles. The number of hydrogen-bond donors (Lipinski definition) is 2. The van der Waals surface area contributed by atoms with E-state index in [0.717, 1.165) is 22.4 Å². The monoisotopic (exact) mass is 333 g/mol. The molecule has 0 atom stereocenters. The Morgan fingerprint density at radius 3 is 2.60 bits per heavy atom. The lowest BCUT2D eigenvalue weighted by Gasteiger charge is -2.09. The summed E-state index contributed by atoms with van der Waals surface area (Å²) < 4.78 is 0.977. The molecule has 0 bridgehead atoms. The molecule has 1 aromatic heterocycles. The number of hydrogen-bond acceptors (Lipinski definition) is 3. The Kier molecular flexibility index (Phi) is 4.74. The third kappa shape index (κ3) is 3.81. The van der Waals surface area contributed by atoms with E-state index in [4.69, 9.17) is 0 Å². The fraction of sp³-hybridized carbons (Fsp3) is 0.200. The van der Waals surface area contributed by atoms with Crippen molar-refractivity contribution >= 4 is 33.3 Å². The molecule has 0 saturated carbocycles. The Balaban J connectivity index is 2.18. The second-order valence-electron chi connectivity index (χ2n) is 4.37. The Morgan fingerprint density at radius 1 is 1.25 bits per heavy atom. The molecule has 0 aliphatic carbocycles. The molecule has 0 spiro atoms. The van der Waals surface area contributed by atoms with Gasteiger partial charge in [0.25, 0.3) is 5.91 Å². The van der Waals surface area contributed by atoms with E-state index in [0.29, 0.717) is 11.4 Å². The number of carbonyl (C=O) groups excluding carboxylic acids is 1. The minimum Gasteiger partial charge on any atom is -0.370 e. The molecule has 2 N–H and O–H groups in total. The van der Waals surface area contributed by atoms with Gasteiger partial charge in [-0.25, -0.2) is 4.98 Å². The third-order valence-electron chi connectivity index (χ3n) is 2.68. The predicted octanol–water partition coefficient (Wildman–Crippen LogP) is 3.84. The van der Waals surface area contributed by atoms with Crippen molar-refractivity contribution in [3.63, 3.8) is 0 Å². The van der Waals surface area contributed by atoms with E-state index in [1.54, 1.807) is 12.1 Å². The number of rotatable bonds is 4. The van der Waals surface area contributed by atoms with Gasteiger partial charge >= 0.3 is 0 Å². The number of amides is 1. The lowest BCUT2D eigenvalue weighted by atomic mass is 10.2. The van der Waals surface area contributed by atoms with Crippen molar-refractivity contribution in [2.24, 2.45) is 0 Å². The summed E-state index contributed by atoms with van der Waals surface area (Å²) in [6.45, 7) is 4.63. The normalized spacial score (nSPS) is 10.2. The number of pyridine rings is 1. The highest BCUT2D eigenvalue weighted by Gasteiger charge is 2.09. The van der Waals surface area contributed by atoms with Crippen LogP contribution in [0.3, 0.4) is 0 Å². The number of nitrogens with one attached hydrogen (secondary N) is 2. The van der Waals surface area contributed by atoms with Gasteiger partial charge in [-0.05, 0) is 50.2 Å². The summed E-state index contributed by atoms with van der Waals surface area (Å²) in [6.07, 6.45) is 0. The topological polar surface area (TPSA) is 54.0 Å². The second-order valence-corrected chi connectivity index (χ2v) is 5.29. The lowest BCUT2D eigenvalue weighted by Crippen LogP contribution is -2.13. The van der Waals surface area contributed by atoms with Gasteiger partial charge in [-0.2, -0.15) is 0 Å². The fourth-order valence-electron chi connectivity index (χ4n) is 1.81. The number of carbonyl (C=O) groups is 1. The predicted molar refractivity (Wildman–Crippen MR) is 85.2 cm³/mol. The first-order valence-electron chi connectivity index (χ1n) is 6.38. The van der Waals surface area contributed by atoms with Gasteiger partial charge in [-0.3, -0.25) is 4.79 Å². The molecule has 5 heteroatoms. The van der Waals surface area contributed by atoms with Crippen molar-refractivity contribution < 1.29 is 4.79 Å². The summed E-state index contributed by atoms with van der Waals surface area (Å²) in [4.78, 5) is 16.6. The smallest absolute Gasteiger partial charge is 0.255 e. The second kappa shape index (κ2) is 6.52. The molecule has 1 amide bonds. The van der Waals surface area contributed by atoms with Crippen molar-refractivity contribution in [1.82, 2.24) is 4.98 Å². The van der Waals surface area contributed by atoms with Gasteiger partial charge in [0.1, 0.15) is 5.82 Å². The zero-order valence-corrected chi connectivity index (χ0v) is 13.0. The number of nitrogens with zero attached hydrogens (tertiary/aromatic N) is 1. The summed E-state index contributed by atoms with van der Waals surface area (Å²) >= 11 is 3.36. The van der Waals surface area contributed by atoms with Crippen molar-refractivity contribution in [1.29, 1.82) is 0 Å². The van der Waals surface area contributed by atoms with E-state index >= 15 is 0 Å². The molecular formula is C15H16BrN3O. The van der Waals surface area contributed by atoms with Crippen LogP contribution in [0.2, 0.25) is 0 Å². The molecule has 4 nitrogen and oxygen atoms in total. The van der Waals surface area contributed by atoms with Gasteiger partial charge in [-0.15, -0.1) is 0 Å². The number of benzene rings is 1. The van der Waals surface area contributed by atoms with Crippen LogP contribution >= 0.6 is 15.9 Å². The fourth-order valence-corrected chi connectivity index (χ4v) is 2.07. The number of halogens is 1. The Hall–Kier alpha value is -1.88. The molecule has 1 aromatic carbocycles. The maximum absolute atomic E-state index is 12.2. The van der Waals surface area contributed by atoms with Crippen molar-refractivity contribution in [3.05, 3.63) is 52.1 Å². The van der Waals surface area contributed by atoms with Crippen LogP contribution in [-0.2, 0) is 0 Å². The molecule has 1 heterocycles. The highest BCUT2D eigenvalue weighted by Crippen LogP contribution is 2.16. The summed E-state index contributed by atoms with van der Waals surface area (Å²) in [5, 5.41) is 5.98. The Morgan fingerprint density at radius 2 is 1.95 bits per heavy atom. The highest BCUT2D eigenvalue weighted by atomic mass is 79.9. The Labute approximate surface area is 126 Å². The summed E-state index contributed by atoms with van der Waals surface area (Å²) in [6, 6.07) is 11.0. The van der Waals surface area contributed by atoms with Gasteiger partial charge in [0.2, 0.25) is 0 Å². The average Bonchev–Trinajstić information content (AvgIpc) is 2.41. The highest BCUT2D eigenvalue weighted by molar-refractivity contribution is 9.10.